The van der Waals surface area contributed by atoms with Crippen molar-refractivity contribution < 1.29 is 36.6 Å². The SMILES string of the molecule is O=C(O)CC(=O)[OH2+].[Co+3].[NH2-].[NH2-].[NH2-].[NH2-].[NH2-]. The van der Waals surface area contributed by atoms with Crippen LogP contribution >= 0.6 is 0 Å². The molecule has 0 saturated carbocycles. The van der Waals surface area contributed by atoms with Gasteiger partial charge in [-0.3, -0.25) is 4.79 Å². The van der Waals surface area contributed by atoms with Crippen LogP contribution in [0.1, 0.15) is 6.42 Å². The van der Waals surface area contributed by atoms with Crippen molar-refractivity contribution in [2.75, 3.05) is 0 Å². The van der Waals surface area contributed by atoms with E-state index in [1.807, 2.05) is 0 Å². The maximum atomic E-state index is 9.54. The van der Waals surface area contributed by atoms with Gasteiger partial charge in [-0.25, -0.2) is 0 Å². The Bertz CT molecular complexity index is 100.0. The molecule has 0 aromatic heterocycles. The van der Waals surface area contributed by atoms with E-state index in [1.165, 1.54) is 0 Å². The number of carbonyl (C=O) groups excluding carboxylic acids is 1. The summed E-state index contributed by atoms with van der Waals surface area (Å²) in [5.41, 5.74) is 0. The van der Waals surface area contributed by atoms with Crippen LogP contribution < -0.4 is 0 Å². The van der Waals surface area contributed by atoms with Crippen LogP contribution in [0.2, 0.25) is 0 Å². The Morgan fingerprint density at radius 1 is 1.00 bits per heavy atom. The molecular formula is C3H15CoN5O4-. The van der Waals surface area contributed by atoms with Crippen molar-refractivity contribution >= 4 is 11.9 Å². The zero-order chi connectivity index (χ0) is 5.86. The second kappa shape index (κ2) is 30.3. The summed E-state index contributed by atoms with van der Waals surface area (Å²) in [7, 11) is 0. The van der Waals surface area contributed by atoms with Crippen molar-refractivity contribution in [1.29, 1.82) is 0 Å². The maximum Gasteiger partial charge on any atom is 3.00 e. The number of hydrogen-bond donors (Lipinski definition) is 1. The van der Waals surface area contributed by atoms with E-state index >= 15 is 0 Å². The predicted molar refractivity (Wildman–Crippen MR) is 47.3 cm³/mol. The third-order valence-electron chi connectivity index (χ3n) is 0.312. The van der Waals surface area contributed by atoms with E-state index in [-0.39, 0.29) is 47.5 Å². The van der Waals surface area contributed by atoms with E-state index in [4.69, 9.17) is 10.2 Å². The van der Waals surface area contributed by atoms with Crippen molar-refractivity contribution in [1.82, 2.24) is 0 Å². The van der Waals surface area contributed by atoms with E-state index in [0.29, 0.717) is 0 Å². The summed E-state index contributed by atoms with van der Waals surface area (Å²) < 4.78 is 0. The zero-order valence-corrected chi connectivity index (χ0v) is 7.73. The van der Waals surface area contributed by atoms with Gasteiger partial charge in [0.15, 0.2) is 0 Å². The molecule has 0 unspecified atom stereocenters. The number of nitrogens with two attached hydrogens (primary N) is 5. The molecule has 13 heavy (non-hydrogen) atoms. The molecule has 0 spiro atoms. The first-order chi connectivity index (χ1) is 3.13. The normalized spacial score (nSPS) is 4.31. The Morgan fingerprint density at radius 3 is 1.23 bits per heavy atom. The van der Waals surface area contributed by atoms with Crippen molar-refractivity contribution in [2.45, 2.75) is 6.42 Å². The average Bonchev–Trinajstić information content (AvgIpc) is 1.27. The first-order valence-electron chi connectivity index (χ1n) is 1.59. The van der Waals surface area contributed by atoms with Gasteiger partial charge in [0.2, 0.25) is 6.42 Å². The van der Waals surface area contributed by atoms with E-state index in [1.54, 1.807) is 0 Å². The molecule has 0 aliphatic heterocycles. The first kappa shape index (κ1) is 56.3. The fraction of sp³-hybridized carbons (Fsp3) is 0.333. The Hall–Kier alpha value is -0.754. The molecule has 0 aliphatic carbocycles. The third kappa shape index (κ3) is 91.2. The molecule has 0 saturated heterocycles. The molecule has 0 atom stereocenters. The Balaban J connectivity index is -0.0000000120. The summed E-state index contributed by atoms with van der Waals surface area (Å²) >= 11 is 0. The Labute approximate surface area is 86.4 Å². The van der Waals surface area contributed by atoms with Crippen LogP contribution in [0.25, 0.3) is 30.8 Å². The summed E-state index contributed by atoms with van der Waals surface area (Å²) in [6, 6.07) is 0. The van der Waals surface area contributed by atoms with Gasteiger partial charge in [-0.05, 0) is 0 Å². The van der Waals surface area contributed by atoms with Gasteiger partial charge in [0, 0.05) is 4.79 Å². The number of rotatable bonds is 2. The van der Waals surface area contributed by atoms with Crippen molar-refractivity contribution in [3.05, 3.63) is 30.8 Å². The second-order valence-electron chi connectivity index (χ2n) is 0.994. The van der Waals surface area contributed by atoms with Gasteiger partial charge < -0.3 is 41.0 Å². The molecular weight excluding hydrogens is 229 g/mol. The molecule has 10 heteroatoms. The summed E-state index contributed by atoms with van der Waals surface area (Å²) in [5.74, 6) is -2.31. The Kier molecular flexibility index (Phi) is 131. The summed E-state index contributed by atoms with van der Waals surface area (Å²) in [6.45, 7) is 0. The fourth-order valence-corrected chi connectivity index (χ4v) is 0.137. The molecule has 86 valence electrons. The molecule has 13 N–H and O–H groups in total. The van der Waals surface area contributed by atoms with Crippen LogP contribution in [-0.4, -0.2) is 22.2 Å². The van der Waals surface area contributed by atoms with Gasteiger partial charge in [0.25, 0.3) is 0 Å². The minimum atomic E-state index is -1.25. The van der Waals surface area contributed by atoms with Crippen LogP contribution in [0, 0.1) is 0 Å². The maximum absolute atomic E-state index is 9.54. The molecule has 0 rings (SSSR count). The fourth-order valence-electron chi connectivity index (χ4n) is 0.137. The molecule has 0 fully saturated rings. The largest absolute Gasteiger partial charge is 3.00 e. The van der Waals surface area contributed by atoms with Crippen LogP contribution in [-0.2, 0) is 26.4 Å². The number of carboxylic acids is 1. The standard InChI is InChI=1S/C3H4O4.Co.5H2N/c4-2(5)1-3(6)7;;;;;;/h1H2,(H,4,5)(H,6,7);;5*1H2/q;+3;5*-1/p+1. The van der Waals surface area contributed by atoms with E-state index in [9.17, 15) is 9.59 Å². The smallest absolute Gasteiger partial charge is 0.693 e. The second-order valence-corrected chi connectivity index (χ2v) is 0.994. The Morgan fingerprint density at radius 2 is 1.23 bits per heavy atom. The third-order valence-corrected chi connectivity index (χ3v) is 0.312. The van der Waals surface area contributed by atoms with Crippen LogP contribution in [0.4, 0.5) is 0 Å². The van der Waals surface area contributed by atoms with Crippen LogP contribution in [0.5, 0.6) is 0 Å². The molecule has 0 bridgehead atoms. The molecule has 9 nitrogen and oxygen atoms in total. The first-order valence-corrected chi connectivity index (χ1v) is 1.59. The van der Waals surface area contributed by atoms with Crippen LogP contribution in [0.3, 0.4) is 0 Å². The topological polar surface area (TPSA) is 245 Å². The molecule has 0 amide bonds. The minimum Gasteiger partial charge on any atom is -0.693 e. The number of aliphatic carboxylic acids is 1. The van der Waals surface area contributed by atoms with Gasteiger partial charge in [-0.15, -0.1) is 0 Å². The van der Waals surface area contributed by atoms with Crippen molar-refractivity contribution in [2.24, 2.45) is 0 Å². The van der Waals surface area contributed by atoms with E-state index < -0.39 is 18.4 Å². The van der Waals surface area contributed by atoms with E-state index in [2.05, 4.69) is 0 Å². The predicted octanol–water partition coefficient (Wildman–Crippen LogP) is 2.30. The van der Waals surface area contributed by atoms with Gasteiger partial charge in [-0.1, -0.05) is 0 Å². The average molecular weight is 244 g/mol. The summed E-state index contributed by atoms with van der Waals surface area (Å²) in [4.78, 5) is 19.0. The number of carboxylic acid groups (broad SMARTS) is 1. The van der Waals surface area contributed by atoms with Gasteiger partial charge in [-0.2, -0.15) is 0 Å². The van der Waals surface area contributed by atoms with E-state index in [0.717, 1.165) is 0 Å². The van der Waals surface area contributed by atoms with Crippen molar-refractivity contribution in [3.63, 3.8) is 0 Å². The van der Waals surface area contributed by atoms with Gasteiger partial charge >= 0.3 is 28.7 Å². The zero-order valence-electron chi connectivity index (χ0n) is 6.69. The molecule has 0 aromatic carbocycles. The quantitative estimate of drug-likeness (QED) is 0.566. The summed E-state index contributed by atoms with van der Waals surface area (Å²) in [6.07, 6.45) is -0.694. The van der Waals surface area contributed by atoms with Gasteiger partial charge in [0.05, 0.1) is 0 Å². The minimum absolute atomic E-state index is 0. The van der Waals surface area contributed by atoms with Gasteiger partial charge in [0.1, 0.15) is 0 Å². The molecule has 0 heterocycles. The van der Waals surface area contributed by atoms with Crippen LogP contribution in [0.15, 0.2) is 0 Å². The number of carbonyl (C=O) groups is 2. The number of hydrogen-bond acceptors (Lipinski definition) is 2. The summed E-state index contributed by atoms with van der Waals surface area (Å²) in [5, 5.41) is 13.8. The molecule has 0 aliphatic rings. The monoisotopic (exact) mass is 244 g/mol. The molecule has 0 radical (unpaired) electrons. The molecule has 0 aromatic rings. The van der Waals surface area contributed by atoms with Crippen molar-refractivity contribution in [3.8, 4) is 0 Å².